The molecule has 1 amide bonds. The van der Waals surface area contributed by atoms with Gasteiger partial charge in [0.2, 0.25) is 11.8 Å². The lowest BCUT2D eigenvalue weighted by Crippen LogP contribution is -2.40. The number of hydrogen-bond acceptors (Lipinski definition) is 6. The third kappa shape index (κ3) is 4.70. The Kier molecular flexibility index (Phi) is 6.01. The van der Waals surface area contributed by atoms with Gasteiger partial charge >= 0.3 is 0 Å². The molecule has 1 aromatic heterocycles. The molecule has 26 heavy (non-hydrogen) atoms. The fraction of sp³-hybridized carbons (Fsp3) is 0.421. The van der Waals surface area contributed by atoms with Crippen LogP contribution in [0.1, 0.15) is 31.5 Å². The molecule has 1 aromatic carbocycles. The van der Waals surface area contributed by atoms with Crippen molar-refractivity contribution in [1.82, 2.24) is 20.6 Å². The molecule has 0 saturated carbocycles. The average Bonchev–Trinajstić information content (AvgIpc) is 2.67. The molecular weight excluding hydrogens is 332 g/mol. The highest BCUT2D eigenvalue weighted by atomic mass is 16.5. The molecule has 7 heteroatoms. The molecule has 0 spiro atoms. The highest BCUT2D eigenvalue weighted by Crippen LogP contribution is 2.28. The third-order valence-corrected chi connectivity index (χ3v) is 4.40. The van der Waals surface area contributed by atoms with E-state index in [1.54, 1.807) is 19.5 Å². The average molecular weight is 356 g/mol. The van der Waals surface area contributed by atoms with Crippen molar-refractivity contribution in [2.24, 2.45) is 5.92 Å². The first kappa shape index (κ1) is 18.1. The number of carbonyl (C=O) groups excluding carboxylic acids is 1. The summed E-state index contributed by atoms with van der Waals surface area (Å²) in [5, 5.41) is 6.40. The van der Waals surface area contributed by atoms with Gasteiger partial charge in [-0.1, -0.05) is 0 Å². The molecule has 7 nitrogen and oxygen atoms in total. The molecule has 3 rings (SSSR count). The minimum Gasteiger partial charge on any atom is -0.497 e. The number of methoxy groups -OCH3 is 1. The van der Waals surface area contributed by atoms with E-state index in [-0.39, 0.29) is 17.9 Å². The Labute approximate surface area is 153 Å². The molecule has 2 aromatic rings. The molecule has 0 radical (unpaired) electrons. The summed E-state index contributed by atoms with van der Waals surface area (Å²) >= 11 is 0. The Hall–Kier alpha value is -2.67. The highest BCUT2D eigenvalue weighted by Gasteiger charge is 2.27. The Morgan fingerprint density at radius 2 is 2.04 bits per heavy atom. The summed E-state index contributed by atoms with van der Waals surface area (Å²) in [6.07, 6.45) is 5.37. The molecule has 2 heterocycles. The zero-order chi connectivity index (χ0) is 18.4. The summed E-state index contributed by atoms with van der Waals surface area (Å²) in [6.45, 7) is 3.38. The van der Waals surface area contributed by atoms with Gasteiger partial charge in [-0.3, -0.25) is 9.78 Å². The van der Waals surface area contributed by atoms with Gasteiger partial charge in [-0.2, -0.15) is 0 Å². The third-order valence-electron chi connectivity index (χ3n) is 4.40. The lowest BCUT2D eigenvalue weighted by atomic mass is 9.90. The van der Waals surface area contributed by atoms with Gasteiger partial charge < -0.3 is 20.1 Å². The summed E-state index contributed by atoms with van der Waals surface area (Å²) in [7, 11) is 1.62. The van der Waals surface area contributed by atoms with Gasteiger partial charge in [0.05, 0.1) is 31.2 Å². The van der Waals surface area contributed by atoms with E-state index in [4.69, 9.17) is 9.47 Å². The van der Waals surface area contributed by atoms with Crippen LogP contribution in [0.2, 0.25) is 0 Å². The van der Waals surface area contributed by atoms with Crippen LogP contribution in [0.25, 0.3) is 0 Å². The van der Waals surface area contributed by atoms with Crippen LogP contribution >= 0.6 is 0 Å². The molecule has 138 valence electrons. The maximum atomic E-state index is 11.7. The number of carbonyl (C=O) groups is 1. The summed E-state index contributed by atoms with van der Waals surface area (Å²) in [5.41, 5.74) is 0.708. The number of nitrogens with one attached hydrogen (secondary N) is 2. The lowest BCUT2D eigenvalue weighted by molar-refractivity contribution is -0.120. The van der Waals surface area contributed by atoms with Crippen molar-refractivity contribution < 1.29 is 14.3 Å². The van der Waals surface area contributed by atoms with Crippen molar-refractivity contribution in [3.63, 3.8) is 0 Å². The van der Waals surface area contributed by atoms with Gasteiger partial charge in [0.1, 0.15) is 11.5 Å². The molecule has 1 aliphatic heterocycles. The predicted octanol–water partition coefficient (Wildman–Crippen LogP) is 2.45. The van der Waals surface area contributed by atoms with Crippen LogP contribution in [-0.2, 0) is 4.79 Å². The predicted molar refractivity (Wildman–Crippen MR) is 97.3 cm³/mol. The van der Waals surface area contributed by atoms with Crippen LogP contribution in [0.4, 0.5) is 0 Å². The van der Waals surface area contributed by atoms with Crippen molar-refractivity contribution in [2.75, 3.05) is 20.2 Å². The molecule has 2 atom stereocenters. The summed E-state index contributed by atoms with van der Waals surface area (Å²) in [5.74, 6) is 1.99. The largest absolute Gasteiger partial charge is 0.497 e. The van der Waals surface area contributed by atoms with Gasteiger partial charge in [0.15, 0.2) is 0 Å². The Morgan fingerprint density at radius 3 is 2.69 bits per heavy atom. The first-order valence-corrected chi connectivity index (χ1v) is 8.77. The number of piperidine rings is 1. The maximum absolute atomic E-state index is 11.7. The second-order valence-electron chi connectivity index (χ2n) is 6.34. The number of benzene rings is 1. The second kappa shape index (κ2) is 8.62. The zero-order valence-electron chi connectivity index (χ0n) is 15.1. The minimum atomic E-state index is -0.188. The summed E-state index contributed by atoms with van der Waals surface area (Å²) in [6, 6.07) is 7.07. The van der Waals surface area contributed by atoms with Crippen LogP contribution in [0.5, 0.6) is 17.4 Å². The monoisotopic (exact) mass is 356 g/mol. The smallest absolute Gasteiger partial charge is 0.238 e. The van der Waals surface area contributed by atoms with E-state index in [1.165, 1.54) is 6.92 Å². The fourth-order valence-electron chi connectivity index (χ4n) is 3.14. The van der Waals surface area contributed by atoms with Crippen LogP contribution < -0.4 is 20.1 Å². The number of ether oxygens (including phenoxy) is 2. The van der Waals surface area contributed by atoms with Crippen molar-refractivity contribution in [3.8, 4) is 17.4 Å². The fourth-order valence-corrected chi connectivity index (χ4v) is 3.14. The maximum Gasteiger partial charge on any atom is 0.238 e. The number of aromatic nitrogens is 2. The molecule has 0 bridgehead atoms. The first-order chi connectivity index (χ1) is 12.7. The van der Waals surface area contributed by atoms with Gasteiger partial charge in [0, 0.05) is 13.5 Å². The molecule has 1 aliphatic rings. The van der Waals surface area contributed by atoms with E-state index in [9.17, 15) is 4.79 Å². The van der Waals surface area contributed by atoms with Crippen molar-refractivity contribution in [1.29, 1.82) is 0 Å². The topological polar surface area (TPSA) is 85.4 Å². The SMILES string of the molecule is COc1ccc(Oc2cncc(C(NC(C)=O)C3CCCNC3)n2)cc1. The standard InChI is InChI=1S/C19H24N4O3/c1-13(24)22-19(14-4-3-9-20-10-14)17-11-21-12-18(23-17)26-16-7-5-15(25-2)6-8-16/h5-8,11-12,14,19-20H,3-4,9-10H2,1-2H3,(H,22,24). The van der Waals surface area contributed by atoms with Gasteiger partial charge in [-0.25, -0.2) is 4.98 Å². The summed E-state index contributed by atoms with van der Waals surface area (Å²) < 4.78 is 10.9. The quantitative estimate of drug-likeness (QED) is 0.827. The molecule has 1 saturated heterocycles. The second-order valence-corrected chi connectivity index (χ2v) is 6.34. The van der Waals surface area contributed by atoms with Crippen LogP contribution in [-0.4, -0.2) is 36.1 Å². The van der Waals surface area contributed by atoms with E-state index < -0.39 is 0 Å². The normalized spacial score (nSPS) is 18.0. The van der Waals surface area contributed by atoms with Crippen LogP contribution in [0, 0.1) is 5.92 Å². The number of amides is 1. The molecule has 2 unspecified atom stereocenters. The van der Waals surface area contributed by atoms with Crippen LogP contribution in [0.3, 0.4) is 0 Å². The van der Waals surface area contributed by atoms with Crippen molar-refractivity contribution >= 4 is 5.91 Å². The van der Waals surface area contributed by atoms with E-state index in [0.717, 1.165) is 31.7 Å². The van der Waals surface area contributed by atoms with Gasteiger partial charge in [-0.15, -0.1) is 0 Å². The van der Waals surface area contributed by atoms with E-state index in [2.05, 4.69) is 20.6 Å². The molecule has 2 N–H and O–H groups in total. The Balaban J connectivity index is 1.79. The molecule has 1 fully saturated rings. The molecular formula is C19H24N4O3. The number of nitrogens with zero attached hydrogens (tertiary/aromatic N) is 2. The highest BCUT2D eigenvalue weighted by molar-refractivity contribution is 5.73. The summed E-state index contributed by atoms with van der Waals surface area (Å²) in [4.78, 5) is 20.5. The zero-order valence-corrected chi connectivity index (χ0v) is 15.1. The van der Waals surface area contributed by atoms with E-state index >= 15 is 0 Å². The molecule has 0 aliphatic carbocycles. The van der Waals surface area contributed by atoms with E-state index in [0.29, 0.717) is 17.3 Å². The van der Waals surface area contributed by atoms with Crippen LogP contribution in [0.15, 0.2) is 36.7 Å². The van der Waals surface area contributed by atoms with Crippen molar-refractivity contribution in [2.45, 2.75) is 25.8 Å². The number of rotatable bonds is 6. The van der Waals surface area contributed by atoms with E-state index in [1.807, 2.05) is 24.3 Å². The lowest BCUT2D eigenvalue weighted by Gasteiger charge is -2.30. The Morgan fingerprint density at radius 1 is 1.27 bits per heavy atom. The minimum absolute atomic E-state index is 0.0798. The van der Waals surface area contributed by atoms with Gasteiger partial charge in [-0.05, 0) is 49.6 Å². The first-order valence-electron chi connectivity index (χ1n) is 8.77. The Bertz CT molecular complexity index is 730. The van der Waals surface area contributed by atoms with Gasteiger partial charge in [0.25, 0.3) is 0 Å². The number of hydrogen-bond donors (Lipinski definition) is 2. The van der Waals surface area contributed by atoms with Crippen molar-refractivity contribution in [3.05, 3.63) is 42.4 Å².